The Kier molecular flexibility index (Phi) is 9.00. The molecule has 35 heavy (non-hydrogen) atoms. The molecule has 188 valence electrons. The van der Waals surface area contributed by atoms with Crippen molar-refractivity contribution < 1.29 is 14.3 Å². The molecule has 0 spiro atoms. The van der Waals surface area contributed by atoms with E-state index in [0.29, 0.717) is 19.4 Å². The van der Waals surface area contributed by atoms with Crippen LogP contribution in [0, 0.1) is 11.8 Å². The third-order valence-corrected chi connectivity index (χ3v) is 6.56. The SMILES string of the molecule is CCCCCCc1cc2c(cc1C#Cc1ccc(CCC(=O)OCC)cn1)C(C)(C)CC(C)(C)O2. The number of hydrogen-bond donors (Lipinski definition) is 0. The fourth-order valence-electron chi connectivity index (χ4n) is 5.05. The van der Waals surface area contributed by atoms with Crippen molar-refractivity contribution in [1.82, 2.24) is 4.98 Å². The summed E-state index contributed by atoms with van der Waals surface area (Å²) in [6.07, 6.45) is 9.63. The molecule has 0 N–H and O–H groups in total. The van der Waals surface area contributed by atoms with Gasteiger partial charge in [0.1, 0.15) is 17.0 Å². The van der Waals surface area contributed by atoms with Crippen molar-refractivity contribution in [2.45, 2.75) is 104 Å². The Morgan fingerprint density at radius 2 is 1.86 bits per heavy atom. The Balaban J connectivity index is 1.85. The molecule has 0 bridgehead atoms. The van der Waals surface area contributed by atoms with E-state index in [2.05, 4.69) is 63.6 Å². The van der Waals surface area contributed by atoms with Crippen LogP contribution >= 0.6 is 0 Å². The normalized spacial score (nSPS) is 15.4. The van der Waals surface area contributed by atoms with Gasteiger partial charge in [-0.15, -0.1) is 0 Å². The predicted molar refractivity (Wildman–Crippen MR) is 142 cm³/mol. The van der Waals surface area contributed by atoms with Crippen molar-refractivity contribution in [3.05, 3.63) is 58.4 Å². The first-order valence-electron chi connectivity index (χ1n) is 13.1. The summed E-state index contributed by atoms with van der Waals surface area (Å²) in [5.74, 6) is 7.53. The lowest BCUT2D eigenvalue weighted by Gasteiger charge is -2.42. The Hall–Kier alpha value is -2.80. The minimum atomic E-state index is -0.178. The minimum absolute atomic E-state index is 0.0209. The van der Waals surface area contributed by atoms with Crippen molar-refractivity contribution in [2.24, 2.45) is 0 Å². The third kappa shape index (κ3) is 7.59. The van der Waals surface area contributed by atoms with E-state index < -0.39 is 0 Å². The number of carbonyl (C=O) groups excluding carboxylic acids is 1. The van der Waals surface area contributed by atoms with Crippen LogP contribution in [0.25, 0.3) is 0 Å². The number of benzene rings is 1. The van der Waals surface area contributed by atoms with Crippen LogP contribution in [-0.2, 0) is 27.8 Å². The van der Waals surface area contributed by atoms with E-state index in [-0.39, 0.29) is 17.0 Å². The minimum Gasteiger partial charge on any atom is -0.488 e. The highest BCUT2D eigenvalue weighted by molar-refractivity contribution is 5.69. The fraction of sp³-hybridized carbons (Fsp3) is 0.548. The number of rotatable bonds is 9. The number of unbranched alkanes of at least 4 members (excludes halogenated alkanes) is 3. The van der Waals surface area contributed by atoms with Crippen LogP contribution < -0.4 is 4.74 Å². The standard InChI is InChI=1S/C31H41NO3/c1-7-9-10-11-12-24-20-28-27(30(3,4)22-31(5,6)35-28)19-25(24)15-17-26-16-13-23(21-32-26)14-18-29(33)34-8-2/h13,16,19-21H,7-12,14,18,22H2,1-6H3. The maximum atomic E-state index is 11.6. The molecule has 0 radical (unpaired) electrons. The lowest BCUT2D eigenvalue weighted by molar-refractivity contribution is -0.143. The molecule has 0 unspecified atom stereocenters. The molecule has 4 heteroatoms. The van der Waals surface area contributed by atoms with Gasteiger partial charge in [-0.25, -0.2) is 4.98 Å². The van der Waals surface area contributed by atoms with Gasteiger partial charge < -0.3 is 9.47 Å². The molecule has 4 nitrogen and oxygen atoms in total. The first-order valence-corrected chi connectivity index (χ1v) is 13.1. The van der Waals surface area contributed by atoms with Gasteiger partial charge in [-0.2, -0.15) is 0 Å². The number of ether oxygens (including phenoxy) is 2. The highest BCUT2D eigenvalue weighted by Gasteiger charge is 2.39. The summed E-state index contributed by atoms with van der Waals surface area (Å²) in [4.78, 5) is 16.1. The lowest BCUT2D eigenvalue weighted by atomic mass is 9.73. The first-order chi connectivity index (χ1) is 16.6. The average molecular weight is 476 g/mol. The van der Waals surface area contributed by atoms with Crippen molar-refractivity contribution in [3.8, 4) is 17.6 Å². The van der Waals surface area contributed by atoms with Crippen LogP contribution in [0.1, 0.15) is 108 Å². The molecule has 0 saturated carbocycles. The third-order valence-electron chi connectivity index (χ3n) is 6.56. The number of aryl methyl sites for hydroxylation is 2. The van der Waals surface area contributed by atoms with Crippen LogP contribution in [0.5, 0.6) is 5.75 Å². The van der Waals surface area contributed by atoms with Crippen LogP contribution in [0.2, 0.25) is 0 Å². The molecule has 0 saturated heterocycles. The van der Waals surface area contributed by atoms with E-state index in [1.165, 1.54) is 30.4 Å². The van der Waals surface area contributed by atoms with Crippen LogP contribution in [0.4, 0.5) is 0 Å². The summed E-state index contributed by atoms with van der Waals surface area (Å²) in [5.41, 5.74) is 5.15. The summed E-state index contributed by atoms with van der Waals surface area (Å²) in [6, 6.07) is 8.41. The molecule has 1 aliphatic heterocycles. The molecule has 0 aliphatic carbocycles. The Bertz CT molecular complexity index is 1070. The number of aromatic nitrogens is 1. The summed E-state index contributed by atoms with van der Waals surface area (Å²) >= 11 is 0. The Morgan fingerprint density at radius 1 is 1.06 bits per heavy atom. The molecule has 3 rings (SSSR count). The van der Waals surface area contributed by atoms with Gasteiger partial charge in [-0.05, 0) is 87.1 Å². The van der Waals surface area contributed by atoms with Crippen LogP contribution in [-0.4, -0.2) is 23.2 Å². The number of hydrogen-bond acceptors (Lipinski definition) is 4. The van der Waals surface area contributed by atoms with Gasteiger partial charge in [-0.3, -0.25) is 4.79 Å². The molecule has 2 aromatic rings. The van der Waals surface area contributed by atoms with Gasteiger partial charge >= 0.3 is 5.97 Å². The number of nitrogens with zero attached hydrogens (tertiary/aromatic N) is 1. The second-order valence-corrected chi connectivity index (χ2v) is 10.8. The van der Waals surface area contributed by atoms with E-state index >= 15 is 0 Å². The van der Waals surface area contributed by atoms with Gasteiger partial charge in [0.15, 0.2) is 0 Å². The summed E-state index contributed by atoms with van der Waals surface area (Å²) in [5, 5.41) is 0. The smallest absolute Gasteiger partial charge is 0.306 e. The first kappa shape index (κ1) is 26.8. The maximum absolute atomic E-state index is 11.6. The number of fused-ring (bicyclic) bond motifs is 1. The quantitative estimate of drug-likeness (QED) is 0.224. The molecule has 1 aliphatic rings. The number of pyridine rings is 1. The second-order valence-electron chi connectivity index (χ2n) is 10.8. The number of carbonyl (C=O) groups is 1. The topological polar surface area (TPSA) is 48.4 Å². The zero-order valence-electron chi connectivity index (χ0n) is 22.4. The van der Waals surface area contributed by atoms with Crippen molar-refractivity contribution in [1.29, 1.82) is 0 Å². The largest absolute Gasteiger partial charge is 0.488 e. The van der Waals surface area contributed by atoms with Crippen molar-refractivity contribution >= 4 is 5.97 Å². The Morgan fingerprint density at radius 3 is 2.54 bits per heavy atom. The molecule has 1 aromatic carbocycles. The molecular formula is C31H41NO3. The van der Waals surface area contributed by atoms with Gasteiger partial charge in [0, 0.05) is 23.7 Å². The summed E-state index contributed by atoms with van der Waals surface area (Å²) in [6.45, 7) is 13.4. The van der Waals surface area contributed by atoms with E-state index in [9.17, 15) is 4.79 Å². The molecule has 0 amide bonds. The monoisotopic (exact) mass is 475 g/mol. The van der Waals surface area contributed by atoms with E-state index in [1.807, 2.05) is 19.1 Å². The van der Waals surface area contributed by atoms with E-state index in [4.69, 9.17) is 9.47 Å². The van der Waals surface area contributed by atoms with Crippen LogP contribution in [0.3, 0.4) is 0 Å². The lowest BCUT2D eigenvalue weighted by Crippen LogP contribution is -2.41. The van der Waals surface area contributed by atoms with E-state index in [0.717, 1.165) is 41.8 Å². The molecule has 0 atom stereocenters. The maximum Gasteiger partial charge on any atom is 0.306 e. The average Bonchev–Trinajstić information content (AvgIpc) is 2.79. The zero-order chi connectivity index (χ0) is 25.5. The number of esters is 1. The van der Waals surface area contributed by atoms with Crippen molar-refractivity contribution in [2.75, 3.05) is 6.61 Å². The fourth-order valence-corrected chi connectivity index (χ4v) is 5.05. The molecule has 0 fully saturated rings. The highest BCUT2D eigenvalue weighted by Crippen LogP contribution is 2.45. The predicted octanol–water partition coefficient (Wildman–Crippen LogP) is 6.94. The van der Waals surface area contributed by atoms with Gasteiger partial charge in [0.05, 0.1) is 6.61 Å². The summed E-state index contributed by atoms with van der Waals surface area (Å²) < 4.78 is 11.4. The van der Waals surface area contributed by atoms with Gasteiger partial charge in [0.25, 0.3) is 0 Å². The molecule has 2 heterocycles. The second kappa shape index (κ2) is 11.8. The van der Waals surface area contributed by atoms with Crippen molar-refractivity contribution in [3.63, 3.8) is 0 Å². The zero-order valence-corrected chi connectivity index (χ0v) is 22.4. The van der Waals surface area contributed by atoms with E-state index in [1.54, 1.807) is 6.20 Å². The Labute approximate surface area is 211 Å². The van der Waals surface area contributed by atoms with Crippen LogP contribution in [0.15, 0.2) is 30.5 Å². The molecule has 1 aromatic heterocycles. The summed E-state index contributed by atoms with van der Waals surface area (Å²) in [7, 11) is 0. The highest BCUT2D eigenvalue weighted by atomic mass is 16.5. The van der Waals surface area contributed by atoms with Gasteiger partial charge in [0.2, 0.25) is 0 Å². The van der Waals surface area contributed by atoms with Gasteiger partial charge in [-0.1, -0.05) is 52.0 Å². The molecular weight excluding hydrogens is 434 g/mol.